The van der Waals surface area contributed by atoms with Crippen molar-refractivity contribution in [3.05, 3.63) is 35.9 Å². The van der Waals surface area contributed by atoms with Gasteiger partial charge in [-0.05, 0) is 11.5 Å². The largest absolute Gasteiger partial charge is 0.450 e. The van der Waals surface area contributed by atoms with E-state index < -0.39 is 36.0 Å². The SMILES string of the molecule is CC(C)[C@H](NC(=O)OCc1ccccc1)C(=O)O[C@H]1CC(=O)NC1=O. The molecule has 8 nitrogen and oxygen atoms in total. The fourth-order valence-corrected chi connectivity index (χ4v) is 2.23. The zero-order valence-electron chi connectivity index (χ0n) is 14.0. The van der Waals surface area contributed by atoms with E-state index in [9.17, 15) is 19.2 Å². The highest BCUT2D eigenvalue weighted by Crippen LogP contribution is 2.12. The van der Waals surface area contributed by atoms with Crippen molar-refractivity contribution >= 4 is 23.9 Å². The molecule has 0 bridgehead atoms. The number of carbonyl (C=O) groups is 4. The van der Waals surface area contributed by atoms with Gasteiger partial charge in [0, 0.05) is 0 Å². The Labute approximate surface area is 144 Å². The monoisotopic (exact) mass is 348 g/mol. The third kappa shape index (κ3) is 5.30. The number of alkyl carbamates (subject to hydrolysis) is 1. The van der Waals surface area contributed by atoms with Crippen molar-refractivity contribution in [1.29, 1.82) is 0 Å². The average Bonchev–Trinajstić information content (AvgIpc) is 2.88. The molecule has 0 radical (unpaired) electrons. The summed E-state index contributed by atoms with van der Waals surface area (Å²) >= 11 is 0. The lowest BCUT2D eigenvalue weighted by molar-refractivity contribution is -0.157. The van der Waals surface area contributed by atoms with Crippen molar-refractivity contribution in [3.8, 4) is 0 Å². The topological polar surface area (TPSA) is 111 Å². The summed E-state index contributed by atoms with van der Waals surface area (Å²) in [5, 5.41) is 4.49. The van der Waals surface area contributed by atoms with Crippen LogP contribution in [-0.4, -0.2) is 36.0 Å². The smallest absolute Gasteiger partial charge is 0.408 e. The molecule has 2 rings (SSSR count). The quantitative estimate of drug-likeness (QED) is 0.584. The first-order valence-corrected chi connectivity index (χ1v) is 7.88. The van der Waals surface area contributed by atoms with Crippen molar-refractivity contribution in [3.63, 3.8) is 0 Å². The van der Waals surface area contributed by atoms with Crippen LogP contribution in [0.3, 0.4) is 0 Å². The maximum Gasteiger partial charge on any atom is 0.408 e. The van der Waals surface area contributed by atoms with Crippen molar-refractivity contribution in [2.45, 2.75) is 39.0 Å². The van der Waals surface area contributed by atoms with Gasteiger partial charge in [0.25, 0.3) is 5.91 Å². The zero-order valence-corrected chi connectivity index (χ0v) is 14.0. The van der Waals surface area contributed by atoms with Crippen LogP contribution in [0, 0.1) is 5.92 Å². The molecule has 0 saturated carbocycles. The lowest BCUT2D eigenvalue weighted by Gasteiger charge is -2.21. The summed E-state index contributed by atoms with van der Waals surface area (Å²) in [7, 11) is 0. The molecule has 1 aromatic carbocycles. The maximum absolute atomic E-state index is 12.2. The number of imide groups is 1. The van der Waals surface area contributed by atoms with E-state index in [2.05, 4.69) is 10.6 Å². The van der Waals surface area contributed by atoms with Crippen molar-refractivity contribution in [2.75, 3.05) is 0 Å². The number of nitrogens with one attached hydrogen (secondary N) is 2. The molecule has 1 aromatic rings. The molecule has 1 aliphatic rings. The van der Waals surface area contributed by atoms with Gasteiger partial charge in [0.1, 0.15) is 12.6 Å². The van der Waals surface area contributed by atoms with Crippen LogP contribution in [-0.2, 0) is 30.5 Å². The van der Waals surface area contributed by atoms with E-state index >= 15 is 0 Å². The number of esters is 1. The van der Waals surface area contributed by atoms with E-state index in [1.54, 1.807) is 26.0 Å². The second-order valence-electron chi connectivity index (χ2n) is 5.97. The number of ether oxygens (including phenoxy) is 2. The first kappa shape index (κ1) is 18.4. The van der Waals surface area contributed by atoms with E-state index in [0.29, 0.717) is 0 Å². The molecule has 1 aliphatic heterocycles. The summed E-state index contributed by atoms with van der Waals surface area (Å²) in [6.45, 7) is 3.48. The van der Waals surface area contributed by atoms with Crippen LogP contribution in [0.4, 0.5) is 4.79 Å². The van der Waals surface area contributed by atoms with E-state index in [1.165, 1.54) is 0 Å². The number of carbonyl (C=O) groups excluding carboxylic acids is 4. The molecule has 0 spiro atoms. The molecular formula is C17H20N2O6. The molecule has 0 aliphatic carbocycles. The van der Waals surface area contributed by atoms with E-state index in [1.807, 2.05) is 18.2 Å². The number of rotatable bonds is 6. The standard InChI is InChI=1S/C17H20N2O6/c1-10(2)14(16(22)25-12-8-13(20)18-15(12)21)19-17(23)24-9-11-6-4-3-5-7-11/h3-7,10,12,14H,8-9H2,1-2H3,(H,19,23)(H,18,20,21)/t12-,14-/m0/s1. The van der Waals surface area contributed by atoms with Crippen LogP contribution in [0.15, 0.2) is 30.3 Å². The normalized spacial score (nSPS) is 17.8. The Bertz CT molecular complexity index is 658. The van der Waals surface area contributed by atoms with Gasteiger partial charge in [0.15, 0.2) is 6.10 Å². The Morgan fingerprint density at radius 2 is 1.92 bits per heavy atom. The van der Waals surface area contributed by atoms with Gasteiger partial charge in [0.05, 0.1) is 6.42 Å². The van der Waals surface area contributed by atoms with Gasteiger partial charge in [-0.15, -0.1) is 0 Å². The Morgan fingerprint density at radius 1 is 1.24 bits per heavy atom. The minimum absolute atomic E-state index is 0.0616. The first-order chi connectivity index (χ1) is 11.9. The fraction of sp³-hybridized carbons (Fsp3) is 0.412. The molecule has 3 amide bonds. The second-order valence-corrected chi connectivity index (χ2v) is 5.97. The first-order valence-electron chi connectivity index (χ1n) is 7.88. The molecule has 2 atom stereocenters. The maximum atomic E-state index is 12.2. The predicted octanol–water partition coefficient (Wildman–Crippen LogP) is 0.896. The van der Waals surface area contributed by atoms with Gasteiger partial charge >= 0.3 is 12.1 Å². The van der Waals surface area contributed by atoms with Gasteiger partial charge in [-0.3, -0.25) is 14.9 Å². The van der Waals surface area contributed by atoms with Crippen LogP contribution in [0.25, 0.3) is 0 Å². The number of hydrogen-bond acceptors (Lipinski definition) is 6. The molecule has 1 saturated heterocycles. The van der Waals surface area contributed by atoms with Crippen LogP contribution in [0.2, 0.25) is 0 Å². The molecule has 2 N–H and O–H groups in total. The van der Waals surface area contributed by atoms with Crippen molar-refractivity contribution in [2.24, 2.45) is 5.92 Å². The molecule has 0 aromatic heterocycles. The third-order valence-electron chi connectivity index (χ3n) is 3.59. The molecule has 134 valence electrons. The third-order valence-corrected chi connectivity index (χ3v) is 3.59. The molecule has 0 unspecified atom stereocenters. The van der Waals surface area contributed by atoms with Gasteiger partial charge in [-0.1, -0.05) is 44.2 Å². The highest BCUT2D eigenvalue weighted by atomic mass is 16.6. The predicted molar refractivity (Wildman–Crippen MR) is 86.0 cm³/mol. The molecule has 1 fully saturated rings. The van der Waals surface area contributed by atoms with Crippen LogP contribution >= 0.6 is 0 Å². The lowest BCUT2D eigenvalue weighted by atomic mass is 10.1. The Morgan fingerprint density at radius 3 is 2.48 bits per heavy atom. The summed E-state index contributed by atoms with van der Waals surface area (Å²) in [6.07, 6.45) is -2.15. The molecular weight excluding hydrogens is 328 g/mol. The van der Waals surface area contributed by atoms with Crippen LogP contribution in [0.5, 0.6) is 0 Å². The van der Waals surface area contributed by atoms with Gasteiger partial charge in [-0.25, -0.2) is 9.59 Å². The highest BCUT2D eigenvalue weighted by molar-refractivity contribution is 6.05. The molecule has 25 heavy (non-hydrogen) atoms. The number of hydrogen-bond donors (Lipinski definition) is 2. The molecule has 1 heterocycles. The van der Waals surface area contributed by atoms with Crippen molar-refractivity contribution in [1.82, 2.24) is 10.6 Å². The Balaban J connectivity index is 1.88. The summed E-state index contributed by atoms with van der Waals surface area (Å²) in [5.74, 6) is -2.25. The summed E-state index contributed by atoms with van der Waals surface area (Å²) in [5.41, 5.74) is 0.808. The zero-order chi connectivity index (χ0) is 18.4. The second kappa shape index (κ2) is 8.27. The highest BCUT2D eigenvalue weighted by Gasteiger charge is 2.36. The minimum atomic E-state index is -1.16. The molecule has 8 heteroatoms. The van der Waals surface area contributed by atoms with Gasteiger partial charge < -0.3 is 14.8 Å². The van der Waals surface area contributed by atoms with Gasteiger partial charge in [-0.2, -0.15) is 0 Å². The summed E-state index contributed by atoms with van der Waals surface area (Å²) in [4.78, 5) is 46.7. The summed E-state index contributed by atoms with van der Waals surface area (Å²) in [6, 6.07) is 8.09. The Kier molecular flexibility index (Phi) is 6.10. The lowest BCUT2D eigenvalue weighted by Crippen LogP contribution is -2.47. The number of benzene rings is 1. The number of amides is 3. The average molecular weight is 348 g/mol. The van der Waals surface area contributed by atoms with Crippen LogP contribution < -0.4 is 10.6 Å². The summed E-state index contributed by atoms with van der Waals surface area (Å²) < 4.78 is 10.1. The van der Waals surface area contributed by atoms with Gasteiger partial charge in [0.2, 0.25) is 5.91 Å². The minimum Gasteiger partial charge on any atom is -0.450 e. The van der Waals surface area contributed by atoms with E-state index in [4.69, 9.17) is 9.47 Å². The van der Waals surface area contributed by atoms with Crippen LogP contribution in [0.1, 0.15) is 25.8 Å². The fourth-order valence-electron chi connectivity index (χ4n) is 2.23. The van der Waals surface area contributed by atoms with Crippen molar-refractivity contribution < 1.29 is 28.7 Å². The van der Waals surface area contributed by atoms with E-state index in [0.717, 1.165) is 5.56 Å². The Hall–Kier alpha value is -2.90. The van der Waals surface area contributed by atoms with E-state index in [-0.39, 0.29) is 18.9 Å².